The van der Waals surface area contributed by atoms with E-state index in [-0.39, 0.29) is 12.6 Å². The molecule has 9 heteroatoms. The van der Waals surface area contributed by atoms with E-state index in [2.05, 4.69) is 25.6 Å². The number of hydrogen-bond acceptors (Lipinski definition) is 7. The van der Waals surface area contributed by atoms with Gasteiger partial charge in [-0.2, -0.15) is 15.0 Å². The summed E-state index contributed by atoms with van der Waals surface area (Å²) in [6.07, 6.45) is 0. The van der Waals surface area contributed by atoms with E-state index < -0.39 is 6.03 Å². The number of carbonyl (C=O) groups excluding carboxylic acids is 1. The van der Waals surface area contributed by atoms with Gasteiger partial charge in [-0.25, -0.2) is 4.79 Å². The van der Waals surface area contributed by atoms with Crippen molar-refractivity contribution in [3.05, 3.63) is 30.1 Å². The molecule has 25 heavy (non-hydrogen) atoms. The molecule has 2 N–H and O–H groups in total. The van der Waals surface area contributed by atoms with E-state index in [1.807, 2.05) is 33.2 Å². The number of aromatic nitrogens is 3. The van der Waals surface area contributed by atoms with Crippen LogP contribution in [0.25, 0.3) is 0 Å². The van der Waals surface area contributed by atoms with Gasteiger partial charge in [-0.3, -0.25) is 0 Å². The molecule has 0 unspecified atom stereocenters. The molecule has 1 aromatic carbocycles. The quantitative estimate of drug-likeness (QED) is 0.786. The molecule has 0 radical (unpaired) electrons. The molecule has 0 fully saturated rings. The van der Waals surface area contributed by atoms with E-state index in [0.29, 0.717) is 29.8 Å². The molecule has 0 aliphatic rings. The van der Waals surface area contributed by atoms with Gasteiger partial charge in [0.1, 0.15) is 5.75 Å². The number of anilines is 2. The Kier molecular flexibility index (Phi) is 6.33. The Morgan fingerprint density at radius 1 is 1.20 bits per heavy atom. The van der Waals surface area contributed by atoms with Gasteiger partial charge in [0.2, 0.25) is 5.95 Å². The summed E-state index contributed by atoms with van der Waals surface area (Å²) in [5, 5.41) is 5.45. The smallest absolute Gasteiger partial charge is 0.321 e. The summed E-state index contributed by atoms with van der Waals surface area (Å²) in [6.45, 7) is 2.52. The number of methoxy groups -OCH3 is 1. The van der Waals surface area contributed by atoms with Gasteiger partial charge in [0.25, 0.3) is 0 Å². The van der Waals surface area contributed by atoms with E-state index >= 15 is 0 Å². The van der Waals surface area contributed by atoms with Crippen LogP contribution in [-0.4, -0.2) is 48.8 Å². The summed E-state index contributed by atoms with van der Waals surface area (Å²) >= 11 is 0. The van der Waals surface area contributed by atoms with Gasteiger partial charge in [0.15, 0.2) is 5.82 Å². The van der Waals surface area contributed by atoms with Crippen molar-refractivity contribution < 1.29 is 14.3 Å². The standard InChI is InChI=1S/C16H22N6O3/c1-5-25-12-9-7-6-8-11(12)18-15(23)17-10-13-19-14(22(2)3)21-16(20-13)24-4/h6-9H,5,10H2,1-4H3,(H2,17,18,23). The predicted molar refractivity (Wildman–Crippen MR) is 94.2 cm³/mol. The number of urea groups is 1. The molecule has 0 aliphatic carbocycles. The van der Waals surface area contributed by atoms with Crippen LogP contribution in [0.1, 0.15) is 12.7 Å². The van der Waals surface area contributed by atoms with Gasteiger partial charge >= 0.3 is 12.0 Å². The highest BCUT2D eigenvalue weighted by Gasteiger charge is 2.11. The van der Waals surface area contributed by atoms with Gasteiger partial charge in [0.05, 0.1) is 25.9 Å². The number of rotatable bonds is 7. The first-order valence-electron chi connectivity index (χ1n) is 7.76. The second-order valence-electron chi connectivity index (χ2n) is 5.17. The van der Waals surface area contributed by atoms with Crippen LogP contribution in [0, 0.1) is 0 Å². The van der Waals surface area contributed by atoms with Gasteiger partial charge in [-0.1, -0.05) is 12.1 Å². The lowest BCUT2D eigenvalue weighted by Crippen LogP contribution is -2.29. The zero-order chi connectivity index (χ0) is 18.2. The normalized spacial score (nSPS) is 10.1. The van der Waals surface area contributed by atoms with Gasteiger partial charge < -0.3 is 25.0 Å². The summed E-state index contributed by atoms with van der Waals surface area (Å²) in [6, 6.07) is 7.02. The third-order valence-corrected chi connectivity index (χ3v) is 3.07. The highest BCUT2D eigenvalue weighted by atomic mass is 16.5. The van der Waals surface area contributed by atoms with Crippen LogP contribution in [0.3, 0.4) is 0 Å². The van der Waals surface area contributed by atoms with Gasteiger partial charge in [-0.05, 0) is 19.1 Å². The van der Waals surface area contributed by atoms with Crippen LogP contribution < -0.4 is 25.0 Å². The Bertz CT molecular complexity index is 723. The average Bonchev–Trinajstić information content (AvgIpc) is 2.61. The van der Waals surface area contributed by atoms with Crippen molar-refractivity contribution >= 4 is 17.7 Å². The molecule has 9 nitrogen and oxygen atoms in total. The molecule has 0 saturated carbocycles. The molecule has 134 valence electrons. The Labute approximate surface area is 146 Å². The summed E-state index contributed by atoms with van der Waals surface area (Å²) < 4.78 is 10.5. The summed E-state index contributed by atoms with van der Waals surface area (Å²) in [5.41, 5.74) is 0.587. The van der Waals surface area contributed by atoms with E-state index in [1.165, 1.54) is 7.11 Å². The number of para-hydroxylation sites is 2. The van der Waals surface area contributed by atoms with E-state index in [1.54, 1.807) is 17.0 Å². The zero-order valence-electron chi connectivity index (χ0n) is 14.7. The largest absolute Gasteiger partial charge is 0.492 e. The number of hydrogen-bond donors (Lipinski definition) is 2. The molecular formula is C16H22N6O3. The van der Waals surface area contributed by atoms with Crippen molar-refractivity contribution in [1.82, 2.24) is 20.3 Å². The van der Waals surface area contributed by atoms with Crippen molar-refractivity contribution in [3.63, 3.8) is 0 Å². The minimum absolute atomic E-state index is 0.127. The molecule has 0 saturated heterocycles. The van der Waals surface area contributed by atoms with Crippen molar-refractivity contribution in [2.24, 2.45) is 0 Å². The van der Waals surface area contributed by atoms with Crippen LogP contribution >= 0.6 is 0 Å². The molecule has 1 aromatic heterocycles. The van der Waals surface area contributed by atoms with Crippen molar-refractivity contribution in [1.29, 1.82) is 0 Å². The molecule has 2 amide bonds. The lowest BCUT2D eigenvalue weighted by atomic mass is 10.3. The van der Waals surface area contributed by atoms with E-state index in [4.69, 9.17) is 9.47 Å². The Morgan fingerprint density at radius 2 is 1.96 bits per heavy atom. The highest BCUT2D eigenvalue weighted by Crippen LogP contribution is 2.23. The second-order valence-corrected chi connectivity index (χ2v) is 5.17. The van der Waals surface area contributed by atoms with Crippen molar-refractivity contribution in [2.75, 3.05) is 38.0 Å². The van der Waals surface area contributed by atoms with E-state index in [0.717, 1.165) is 0 Å². The SMILES string of the molecule is CCOc1ccccc1NC(=O)NCc1nc(OC)nc(N(C)C)n1. The topological polar surface area (TPSA) is 102 Å². The van der Waals surface area contributed by atoms with E-state index in [9.17, 15) is 4.79 Å². The molecule has 2 rings (SSSR count). The van der Waals surface area contributed by atoms with Crippen molar-refractivity contribution in [2.45, 2.75) is 13.5 Å². The Balaban J connectivity index is 2.02. The highest BCUT2D eigenvalue weighted by molar-refractivity contribution is 5.90. The maximum Gasteiger partial charge on any atom is 0.321 e. The average molecular weight is 346 g/mol. The Morgan fingerprint density at radius 3 is 2.64 bits per heavy atom. The predicted octanol–water partition coefficient (Wildman–Crippen LogP) is 1.67. The van der Waals surface area contributed by atoms with Crippen LogP contribution in [0.5, 0.6) is 11.8 Å². The first kappa shape index (κ1) is 18.2. The summed E-state index contributed by atoms with van der Waals surface area (Å²) in [7, 11) is 5.09. The molecule has 0 aliphatic heterocycles. The lowest BCUT2D eigenvalue weighted by molar-refractivity contribution is 0.251. The maximum atomic E-state index is 12.1. The first-order chi connectivity index (χ1) is 12.0. The van der Waals surface area contributed by atoms with Crippen LogP contribution in [0.15, 0.2) is 24.3 Å². The third-order valence-electron chi connectivity index (χ3n) is 3.07. The zero-order valence-corrected chi connectivity index (χ0v) is 14.7. The number of carbonyl (C=O) groups is 1. The molecular weight excluding hydrogens is 324 g/mol. The third kappa shape index (κ3) is 5.20. The number of amides is 2. The first-order valence-corrected chi connectivity index (χ1v) is 7.76. The summed E-state index contributed by atoms with van der Waals surface area (Å²) in [5.74, 6) is 1.45. The molecule has 0 spiro atoms. The lowest BCUT2D eigenvalue weighted by Gasteiger charge is -2.13. The Hall–Kier alpha value is -3.10. The number of nitrogens with zero attached hydrogens (tertiary/aromatic N) is 4. The van der Waals surface area contributed by atoms with Crippen molar-refractivity contribution in [3.8, 4) is 11.8 Å². The van der Waals surface area contributed by atoms with Gasteiger partial charge in [-0.15, -0.1) is 0 Å². The fourth-order valence-corrected chi connectivity index (χ4v) is 1.93. The van der Waals surface area contributed by atoms with Crippen LogP contribution in [-0.2, 0) is 6.54 Å². The van der Waals surface area contributed by atoms with Crippen LogP contribution in [0.2, 0.25) is 0 Å². The maximum absolute atomic E-state index is 12.1. The van der Waals surface area contributed by atoms with Crippen LogP contribution in [0.4, 0.5) is 16.4 Å². The molecule has 2 aromatic rings. The fraction of sp³-hybridized carbons (Fsp3) is 0.375. The minimum Gasteiger partial charge on any atom is -0.492 e. The minimum atomic E-state index is -0.391. The molecule has 0 atom stereocenters. The second kappa shape index (κ2) is 8.67. The fourth-order valence-electron chi connectivity index (χ4n) is 1.93. The number of ether oxygens (including phenoxy) is 2. The number of benzene rings is 1. The van der Waals surface area contributed by atoms with Gasteiger partial charge in [0, 0.05) is 14.1 Å². The molecule has 0 bridgehead atoms. The number of nitrogens with one attached hydrogen (secondary N) is 2. The summed E-state index contributed by atoms with van der Waals surface area (Å²) in [4.78, 5) is 26.4. The monoisotopic (exact) mass is 346 g/mol. The molecule has 1 heterocycles.